The molecule has 0 saturated heterocycles. The van der Waals surface area contributed by atoms with E-state index in [4.69, 9.17) is 16.0 Å². The fraction of sp³-hybridized carbons (Fsp3) is 0.120. The first-order valence-corrected chi connectivity index (χ1v) is 10.3. The van der Waals surface area contributed by atoms with Crippen LogP contribution in [0.25, 0.3) is 11.0 Å². The van der Waals surface area contributed by atoms with Crippen LogP contribution in [0.1, 0.15) is 40.2 Å². The number of fused-ring (bicyclic) bond motifs is 2. The Bertz CT molecular complexity index is 1380. The van der Waals surface area contributed by atoms with Crippen LogP contribution in [-0.4, -0.2) is 5.91 Å². The molecule has 0 spiro atoms. The van der Waals surface area contributed by atoms with Crippen molar-refractivity contribution in [1.29, 1.82) is 0 Å². The minimum atomic E-state index is -0.712. The van der Waals surface area contributed by atoms with E-state index in [0.717, 1.165) is 18.1 Å². The average molecular weight is 434 g/mol. The molecular weight excluding hydrogens is 417 g/mol. The second kappa shape index (κ2) is 7.36. The van der Waals surface area contributed by atoms with E-state index in [1.165, 1.54) is 12.1 Å². The second-order valence-corrected chi connectivity index (χ2v) is 7.90. The highest BCUT2D eigenvalue weighted by Crippen LogP contribution is 2.41. The van der Waals surface area contributed by atoms with Crippen molar-refractivity contribution in [3.05, 3.63) is 110 Å². The Morgan fingerprint density at radius 1 is 1.00 bits per heavy atom. The zero-order valence-electron chi connectivity index (χ0n) is 16.6. The number of carbonyl (C=O) groups excluding carboxylic acids is 1. The second-order valence-electron chi connectivity index (χ2n) is 7.46. The first-order chi connectivity index (χ1) is 15.0. The summed E-state index contributed by atoms with van der Waals surface area (Å²) in [4.78, 5) is 28.4. The minimum absolute atomic E-state index is 0.0244. The van der Waals surface area contributed by atoms with E-state index in [-0.39, 0.29) is 22.3 Å². The normalized spacial score (nSPS) is 15.5. The molecule has 5 rings (SSSR count). The van der Waals surface area contributed by atoms with Gasteiger partial charge in [0, 0.05) is 10.7 Å². The van der Waals surface area contributed by atoms with Crippen LogP contribution in [0.15, 0.2) is 75.9 Å². The van der Waals surface area contributed by atoms with E-state index < -0.39 is 23.2 Å². The van der Waals surface area contributed by atoms with Crippen LogP contribution in [0, 0.1) is 5.82 Å². The summed E-state index contributed by atoms with van der Waals surface area (Å²) in [6, 6.07) is 17.6. The molecule has 0 N–H and O–H groups in total. The van der Waals surface area contributed by atoms with Crippen LogP contribution >= 0.6 is 11.6 Å². The Kier molecular flexibility index (Phi) is 4.63. The Morgan fingerprint density at radius 3 is 2.39 bits per heavy atom. The molecule has 3 aromatic carbocycles. The van der Waals surface area contributed by atoms with E-state index in [0.29, 0.717) is 16.3 Å². The molecule has 1 aliphatic heterocycles. The van der Waals surface area contributed by atoms with Gasteiger partial charge in [0.05, 0.1) is 17.0 Å². The van der Waals surface area contributed by atoms with E-state index >= 15 is 0 Å². The van der Waals surface area contributed by atoms with Crippen LogP contribution in [0.4, 0.5) is 10.1 Å². The number of hydrogen-bond donors (Lipinski definition) is 0. The minimum Gasteiger partial charge on any atom is -0.450 e. The van der Waals surface area contributed by atoms with E-state index in [9.17, 15) is 14.0 Å². The van der Waals surface area contributed by atoms with Gasteiger partial charge in [-0.05, 0) is 60.0 Å². The van der Waals surface area contributed by atoms with Crippen LogP contribution in [-0.2, 0) is 6.42 Å². The van der Waals surface area contributed by atoms with Crippen molar-refractivity contribution >= 4 is 34.2 Å². The van der Waals surface area contributed by atoms with Gasteiger partial charge in [-0.15, -0.1) is 0 Å². The zero-order valence-corrected chi connectivity index (χ0v) is 17.3. The summed E-state index contributed by atoms with van der Waals surface area (Å²) < 4.78 is 19.7. The van der Waals surface area contributed by atoms with E-state index in [2.05, 4.69) is 6.92 Å². The molecule has 1 unspecified atom stereocenters. The van der Waals surface area contributed by atoms with Crippen molar-refractivity contribution in [2.24, 2.45) is 0 Å². The molecule has 4 nitrogen and oxygen atoms in total. The first kappa shape index (κ1) is 19.5. The van der Waals surface area contributed by atoms with E-state index in [1.54, 1.807) is 29.2 Å². The van der Waals surface area contributed by atoms with E-state index in [1.807, 2.05) is 24.3 Å². The number of carbonyl (C=O) groups is 1. The fourth-order valence-corrected chi connectivity index (χ4v) is 4.19. The highest BCUT2D eigenvalue weighted by atomic mass is 35.5. The third-order valence-corrected chi connectivity index (χ3v) is 5.89. The molecule has 6 heteroatoms. The van der Waals surface area contributed by atoms with Crippen molar-refractivity contribution < 1.29 is 13.6 Å². The molecule has 31 heavy (non-hydrogen) atoms. The van der Waals surface area contributed by atoms with Gasteiger partial charge >= 0.3 is 0 Å². The van der Waals surface area contributed by atoms with Gasteiger partial charge in [-0.1, -0.05) is 42.8 Å². The lowest BCUT2D eigenvalue weighted by Gasteiger charge is -2.25. The molecular formula is C25H17ClFNO3. The monoisotopic (exact) mass is 433 g/mol. The number of hydrogen-bond acceptors (Lipinski definition) is 3. The molecule has 0 fully saturated rings. The maximum atomic E-state index is 13.9. The molecule has 0 radical (unpaired) electrons. The van der Waals surface area contributed by atoms with Crippen molar-refractivity contribution in [2.75, 3.05) is 4.90 Å². The predicted octanol–water partition coefficient (Wildman–Crippen LogP) is 5.90. The van der Waals surface area contributed by atoms with Crippen molar-refractivity contribution in [2.45, 2.75) is 19.4 Å². The summed E-state index contributed by atoms with van der Waals surface area (Å²) in [5, 5.41) is 0.647. The summed E-state index contributed by atoms with van der Waals surface area (Å²) in [5.41, 5.74) is 2.44. The van der Waals surface area contributed by atoms with Crippen LogP contribution in [0.2, 0.25) is 5.02 Å². The number of rotatable bonds is 3. The van der Waals surface area contributed by atoms with Crippen LogP contribution in [0.3, 0.4) is 0 Å². The highest BCUT2D eigenvalue weighted by Gasteiger charge is 2.43. The number of nitrogens with zero attached hydrogens (tertiary/aromatic N) is 1. The largest absolute Gasteiger partial charge is 0.450 e. The third-order valence-electron chi connectivity index (χ3n) is 5.64. The summed E-state index contributed by atoms with van der Waals surface area (Å²) in [7, 11) is 0. The average Bonchev–Trinajstić information content (AvgIpc) is 3.07. The Morgan fingerprint density at radius 2 is 1.71 bits per heavy atom. The van der Waals surface area contributed by atoms with Gasteiger partial charge in [0.1, 0.15) is 11.4 Å². The molecule has 1 atom stereocenters. The lowest BCUT2D eigenvalue weighted by atomic mass is 9.98. The molecule has 154 valence electrons. The Labute approximate surface area is 182 Å². The smallest absolute Gasteiger partial charge is 0.295 e. The van der Waals surface area contributed by atoms with Gasteiger partial charge in [-0.3, -0.25) is 14.5 Å². The molecule has 0 bridgehead atoms. The standard InChI is InChI=1S/C25H17ClFNO3/c1-2-14-3-10-18(11-4-14)28-22(15-5-7-16(26)8-6-15)21-23(29)19-13-17(27)9-12-20(19)31-24(21)25(28)30/h3-13,22H,2H2,1H3. The molecule has 0 saturated carbocycles. The van der Waals surface area contributed by atoms with Crippen molar-refractivity contribution in [3.8, 4) is 0 Å². The number of amides is 1. The fourth-order valence-electron chi connectivity index (χ4n) is 4.06. The summed E-state index contributed by atoms with van der Waals surface area (Å²) in [6.45, 7) is 2.05. The van der Waals surface area contributed by atoms with Gasteiger partial charge < -0.3 is 4.42 Å². The van der Waals surface area contributed by atoms with Gasteiger partial charge in [0.25, 0.3) is 5.91 Å². The highest BCUT2D eigenvalue weighted by molar-refractivity contribution is 6.30. The maximum Gasteiger partial charge on any atom is 0.295 e. The maximum absolute atomic E-state index is 13.9. The molecule has 2 heterocycles. The molecule has 1 aliphatic rings. The summed E-state index contributed by atoms with van der Waals surface area (Å²) in [5.74, 6) is -0.981. The summed E-state index contributed by atoms with van der Waals surface area (Å²) in [6.07, 6.45) is 0.867. The Hall–Kier alpha value is -3.44. The third kappa shape index (κ3) is 3.13. The van der Waals surface area contributed by atoms with Gasteiger partial charge in [0.15, 0.2) is 5.43 Å². The molecule has 0 aliphatic carbocycles. The van der Waals surface area contributed by atoms with Crippen LogP contribution < -0.4 is 10.3 Å². The van der Waals surface area contributed by atoms with Crippen molar-refractivity contribution in [3.63, 3.8) is 0 Å². The topological polar surface area (TPSA) is 50.5 Å². The number of halogens is 2. The first-order valence-electron chi connectivity index (χ1n) is 9.92. The quantitative estimate of drug-likeness (QED) is 0.404. The molecule has 4 aromatic rings. The predicted molar refractivity (Wildman–Crippen MR) is 118 cm³/mol. The Balaban J connectivity index is 1.78. The lowest BCUT2D eigenvalue weighted by molar-refractivity contribution is 0.0971. The van der Waals surface area contributed by atoms with Gasteiger partial charge in [0.2, 0.25) is 5.76 Å². The number of anilines is 1. The van der Waals surface area contributed by atoms with Gasteiger partial charge in [-0.2, -0.15) is 0 Å². The zero-order chi connectivity index (χ0) is 21.7. The molecule has 1 amide bonds. The van der Waals surface area contributed by atoms with Crippen molar-refractivity contribution in [1.82, 2.24) is 0 Å². The summed E-state index contributed by atoms with van der Waals surface area (Å²) >= 11 is 6.06. The van der Waals surface area contributed by atoms with Crippen LogP contribution in [0.5, 0.6) is 0 Å². The number of benzene rings is 3. The lowest BCUT2D eigenvalue weighted by Crippen LogP contribution is -2.29. The molecule has 1 aromatic heterocycles. The number of aryl methyl sites for hydroxylation is 1. The van der Waals surface area contributed by atoms with Gasteiger partial charge in [-0.25, -0.2) is 4.39 Å². The SMILES string of the molecule is CCc1ccc(N2C(=O)c3oc4ccc(F)cc4c(=O)c3C2c2ccc(Cl)cc2)cc1.